The van der Waals surface area contributed by atoms with Crippen LogP contribution < -0.4 is 0 Å². The number of aliphatic carboxylic acids is 1. The number of carbonyl (C=O) groups is 2. The second kappa shape index (κ2) is 5.29. The molecule has 0 atom stereocenters. The van der Waals surface area contributed by atoms with Crippen molar-refractivity contribution in [1.82, 2.24) is 9.88 Å². The molecule has 0 saturated heterocycles. The van der Waals surface area contributed by atoms with E-state index in [1.54, 1.807) is 6.92 Å². The summed E-state index contributed by atoms with van der Waals surface area (Å²) >= 11 is 0. The summed E-state index contributed by atoms with van der Waals surface area (Å²) in [5.74, 6) is -1.05. The van der Waals surface area contributed by atoms with E-state index < -0.39 is 11.9 Å². The van der Waals surface area contributed by atoms with Gasteiger partial charge in [-0.3, -0.25) is 9.59 Å². The maximum Gasteiger partial charge on any atom is 0.323 e. The molecule has 1 aromatic heterocycles. The van der Waals surface area contributed by atoms with Crippen LogP contribution in [0.1, 0.15) is 29.6 Å². The molecule has 1 aromatic rings. The number of carboxylic acid groups (broad SMARTS) is 1. The standard InChI is InChI=1S/C10H14N2O4/c1-3-4-12(5-8(13)14)10(15)9-7(2)16-6-11-9/h6H,3-5H2,1-2H3,(H,13,14). The third kappa shape index (κ3) is 2.82. The van der Waals surface area contributed by atoms with Crippen LogP contribution >= 0.6 is 0 Å². The molecule has 1 N–H and O–H groups in total. The average molecular weight is 226 g/mol. The van der Waals surface area contributed by atoms with Crippen molar-refractivity contribution >= 4 is 11.9 Å². The average Bonchev–Trinajstić information content (AvgIpc) is 2.62. The SMILES string of the molecule is CCCN(CC(=O)O)C(=O)c1ncoc1C. The Morgan fingerprint density at radius 1 is 1.56 bits per heavy atom. The van der Waals surface area contributed by atoms with Crippen LogP contribution in [0.15, 0.2) is 10.8 Å². The molecule has 0 bridgehead atoms. The van der Waals surface area contributed by atoms with Crippen LogP contribution in [0.3, 0.4) is 0 Å². The maximum absolute atomic E-state index is 11.9. The summed E-state index contributed by atoms with van der Waals surface area (Å²) in [7, 11) is 0. The Balaban J connectivity index is 2.82. The van der Waals surface area contributed by atoms with E-state index >= 15 is 0 Å². The predicted octanol–water partition coefficient (Wildman–Crippen LogP) is 0.920. The highest BCUT2D eigenvalue weighted by molar-refractivity contribution is 5.94. The summed E-state index contributed by atoms with van der Waals surface area (Å²) in [5.41, 5.74) is 0.176. The zero-order chi connectivity index (χ0) is 12.1. The Kier molecular flexibility index (Phi) is 4.04. The summed E-state index contributed by atoms with van der Waals surface area (Å²) in [5, 5.41) is 8.69. The minimum absolute atomic E-state index is 0.176. The van der Waals surface area contributed by atoms with Crippen LogP contribution in [-0.4, -0.2) is 40.0 Å². The molecule has 6 heteroatoms. The molecule has 0 unspecified atom stereocenters. The van der Waals surface area contributed by atoms with Crippen molar-refractivity contribution in [2.24, 2.45) is 0 Å². The van der Waals surface area contributed by atoms with Crippen LogP contribution in [0.25, 0.3) is 0 Å². The van der Waals surface area contributed by atoms with E-state index in [1.165, 1.54) is 11.3 Å². The number of carboxylic acids is 1. The monoisotopic (exact) mass is 226 g/mol. The molecular formula is C10H14N2O4. The summed E-state index contributed by atoms with van der Waals surface area (Å²) in [4.78, 5) is 27.5. The Morgan fingerprint density at radius 3 is 2.69 bits per heavy atom. The molecule has 0 aliphatic rings. The minimum atomic E-state index is -1.04. The highest BCUT2D eigenvalue weighted by atomic mass is 16.4. The highest BCUT2D eigenvalue weighted by Gasteiger charge is 2.22. The molecule has 0 aliphatic heterocycles. The highest BCUT2D eigenvalue weighted by Crippen LogP contribution is 2.08. The van der Waals surface area contributed by atoms with E-state index in [1.807, 2.05) is 6.92 Å². The van der Waals surface area contributed by atoms with Gasteiger partial charge in [-0.05, 0) is 13.3 Å². The van der Waals surface area contributed by atoms with Crippen LogP contribution in [0.4, 0.5) is 0 Å². The van der Waals surface area contributed by atoms with Crippen LogP contribution in [-0.2, 0) is 4.79 Å². The van der Waals surface area contributed by atoms with Gasteiger partial charge in [0.15, 0.2) is 12.1 Å². The second-order valence-corrected chi connectivity index (χ2v) is 3.38. The minimum Gasteiger partial charge on any atom is -0.480 e. The number of amides is 1. The topological polar surface area (TPSA) is 83.6 Å². The van der Waals surface area contributed by atoms with Gasteiger partial charge in [0, 0.05) is 6.54 Å². The van der Waals surface area contributed by atoms with Crippen LogP contribution in [0, 0.1) is 6.92 Å². The van der Waals surface area contributed by atoms with Crippen molar-refractivity contribution in [3.8, 4) is 0 Å². The molecule has 16 heavy (non-hydrogen) atoms. The lowest BCUT2D eigenvalue weighted by molar-refractivity contribution is -0.137. The Hall–Kier alpha value is -1.85. The molecule has 1 amide bonds. The fraction of sp³-hybridized carbons (Fsp3) is 0.500. The summed E-state index contributed by atoms with van der Waals surface area (Å²) in [6.07, 6.45) is 1.86. The fourth-order valence-corrected chi connectivity index (χ4v) is 1.35. The van der Waals surface area contributed by atoms with Gasteiger partial charge in [0.2, 0.25) is 0 Å². The second-order valence-electron chi connectivity index (χ2n) is 3.38. The lowest BCUT2D eigenvalue weighted by atomic mass is 10.3. The van der Waals surface area contributed by atoms with Gasteiger partial charge in [-0.25, -0.2) is 4.98 Å². The summed E-state index contributed by atoms with van der Waals surface area (Å²) in [6, 6.07) is 0. The summed E-state index contributed by atoms with van der Waals surface area (Å²) < 4.78 is 4.91. The molecule has 6 nitrogen and oxygen atoms in total. The maximum atomic E-state index is 11.9. The summed E-state index contributed by atoms with van der Waals surface area (Å²) in [6.45, 7) is 3.55. The van der Waals surface area contributed by atoms with Gasteiger partial charge in [-0.1, -0.05) is 6.92 Å². The third-order valence-electron chi connectivity index (χ3n) is 2.05. The molecule has 0 aromatic carbocycles. The van der Waals surface area contributed by atoms with Crippen molar-refractivity contribution in [2.75, 3.05) is 13.1 Å². The van der Waals surface area contributed by atoms with Gasteiger partial charge in [0.1, 0.15) is 12.3 Å². The van der Waals surface area contributed by atoms with Gasteiger partial charge in [0.25, 0.3) is 5.91 Å². The predicted molar refractivity (Wildman–Crippen MR) is 55.1 cm³/mol. The molecule has 1 heterocycles. The number of nitrogens with zero attached hydrogens (tertiary/aromatic N) is 2. The van der Waals surface area contributed by atoms with Gasteiger partial charge >= 0.3 is 5.97 Å². The molecule has 88 valence electrons. The first-order valence-corrected chi connectivity index (χ1v) is 4.97. The number of aryl methyl sites for hydroxylation is 1. The number of aromatic nitrogens is 1. The van der Waals surface area contributed by atoms with E-state index in [-0.39, 0.29) is 12.2 Å². The van der Waals surface area contributed by atoms with Gasteiger partial charge in [-0.2, -0.15) is 0 Å². The van der Waals surface area contributed by atoms with Crippen molar-refractivity contribution in [2.45, 2.75) is 20.3 Å². The normalized spacial score (nSPS) is 10.1. The molecule has 0 aliphatic carbocycles. The number of oxazole rings is 1. The number of rotatable bonds is 5. The van der Waals surface area contributed by atoms with Crippen LogP contribution in [0.5, 0.6) is 0 Å². The Labute approximate surface area is 92.9 Å². The van der Waals surface area contributed by atoms with E-state index in [4.69, 9.17) is 9.52 Å². The zero-order valence-corrected chi connectivity index (χ0v) is 9.27. The first kappa shape index (κ1) is 12.2. The quantitative estimate of drug-likeness (QED) is 0.807. The Bertz CT molecular complexity index is 386. The number of hydrogen-bond donors (Lipinski definition) is 1. The number of carbonyl (C=O) groups excluding carboxylic acids is 1. The molecule has 0 fully saturated rings. The van der Waals surface area contributed by atoms with Gasteiger partial charge in [0.05, 0.1) is 0 Å². The first-order valence-electron chi connectivity index (χ1n) is 4.97. The number of hydrogen-bond acceptors (Lipinski definition) is 4. The van der Waals surface area contributed by atoms with E-state index in [2.05, 4.69) is 4.98 Å². The van der Waals surface area contributed by atoms with E-state index in [0.717, 1.165) is 0 Å². The molecule has 1 rings (SSSR count). The van der Waals surface area contributed by atoms with Crippen molar-refractivity contribution in [3.05, 3.63) is 17.8 Å². The Morgan fingerprint density at radius 2 is 2.25 bits per heavy atom. The molecular weight excluding hydrogens is 212 g/mol. The van der Waals surface area contributed by atoms with Crippen LogP contribution in [0.2, 0.25) is 0 Å². The first-order chi connectivity index (χ1) is 7.56. The van der Waals surface area contributed by atoms with Gasteiger partial charge in [-0.15, -0.1) is 0 Å². The van der Waals surface area contributed by atoms with E-state index in [0.29, 0.717) is 18.7 Å². The van der Waals surface area contributed by atoms with Crippen molar-refractivity contribution in [3.63, 3.8) is 0 Å². The molecule has 0 radical (unpaired) electrons. The third-order valence-corrected chi connectivity index (χ3v) is 2.05. The van der Waals surface area contributed by atoms with E-state index in [9.17, 15) is 9.59 Å². The largest absolute Gasteiger partial charge is 0.480 e. The molecule has 0 saturated carbocycles. The lowest BCUT2D eigenvalue weighted by Gasteiger charge is -2.18. The zero-order valence-electron chi connectivity index (χ0n) is 9.27. The smallest absolute Gasteiger partial charge is 0.323 e. The fourth-order valence-electron chi connectivity index (χ4n) is 1.35. The van der Waals surface area contributed by atoms with Gasteiger partial charge < -0.3 is 14.4 Å². The molecule has 0 spiro atoms. The van der Waals surface area contributed by atoms with Crippen molar-refractivity contribution < 1.29 is 19.1 Å². The van der Waals surface area contributed by atoms with Crippen molar-refractivity contribution in [1.29, 1.82) is 0 Å². The lowest BCUT2D eigenvalue weighted by Crippen LogP contribution is -2.36.